The standard InChI is InChI=1S/C12H13F3O3/c1-3-10(17-2)11(16)8-5-4-6-9(7-8)18-12(13,14)15/h4-7,10H,3H2,1-2H3. The molecule has 1 unspecified atom stereocenters. The number of rotatable bonds is 5. The lowest BCUT2D eigenvalue weighted by Crippen LogP contribution is -2.22. The summed E-state index contributed by atoms with van der Waals surface area (Å²) >= 11 is 0. The minimum Gasteiger partial charge on any atom is -0.406 e. The summed E-state index contributed by atoms with van der Waals surface area (Å²) in [5.74, 6) is -0.785. The molecular formula is C12H13F3O3. The molecule has 0 saturated carbocycles. The highest BCUT2D eigenvalue weighted by atomic mass is 19.4. The number of halogens is 3. The Morgan fingerprint density at radius 3 is 2.56 bits per heavy atom. The molecule has 1 aromatic rings. The second-order valence-corrected chi connectivity index (χ2v) is 3.57. The molecule has 0 spiro atoms. The molecule has 0 aliphatic carbocycles. The van der Waals surface area contributed by atoms with Gasteiger partial charge >= 0.3 is 6.36 Å². The van der Waals surface area contributed by atoms with Gasteiger partial charge in [0.2, 0.25) is 0 Å². The van der Waals surface area contributed by atoms with E-state index in [1.807, 2.05) is 0 Å². The van der Waals surface area contributed by atoms with E-state index in [-0.39, 0.29) is 11.3 Å². The summed E-state index contributed by atoms with van der Waals surface area (Å²) in [6.07, 6.45) is -4.99. The van der Waals surface area contributed by atoms with Crippen molar-refractivity contribution in [3.8, 4) is 5.75 Å². The molecule has 0 aliphatic heterocycles. The van der Waals surface area contributed by atoms with Crippen molar-refractivity contribution in [3.05, 3.63) is 29.8 Å². The highest BCUT2D eigenvalue weighted by molar-refractivity contribution is 5.99. The Labute approximate surface area is 103 Å². The third-order valence-electron chi connectivity index (χ3n) is 2.30. The van der Waals surface area contributed by atoms with Crippen LogP contribution >= 0.6 is 0 Å². The Morgan fingerprint density at radius 1 is 1.39 bits per heavy atom. The molecule has 18 heavy (non-hydrogen) atoms. The third kappa shape index (κ3) is 4.03. The van der Waals surface area contributed by atoms with Crippen molar-refractivity contribution in [2.45, 2.75) is 25.8 Å². The van der Waals surface area contributed by atoms with Crippen LogP contribution < -0.4 is 4.74 Å². The van der Waals surface area contributed by atoms with Gasteiger partial charge in [-0.25, -0.2) is 0 Å². The second-order valence-electron chi connectivity index (χ2n) is 3.57. The Hall–Kier alpha value is -1.56. The van der Waals surface area contributed by atoms with E-state index in [9.17, 15) is 18.0 Å². The lowest BCUT2D eigenvalue weighted by Gasteiger charge is -2.13. The van der Waals surface area contributed by atoms with E-state index in [4.69, 9.17) is 4.74 Å². The van der Waals surface area contributed by atoms with E-state index < -0.39 is 18.2 Å². The van der Waals surface area contributed by atoms with Crippen LogP contribution in [0.2, 0.25) is 0 Å². The molecule has 0 aromatic heterocycles. The fraction of sp³-hybridized carbons (Fsp3) is 0.417. The summed E-state index contributed by atoms with van der Waals surface area (Å²) in [5, 5.41) is 0. The first-order valence-electron chi connectivity index (χ1n) is 5.30. The van der Waals surface area contributed by atoms with E-state index in [2.05, 4.69) is 4.74 Å². The second kappa shape index (κ2) is 5.86. The van der Waals surface area contributed by atoms with Crippen molar-refractivity contribution in [1.29, 1.82) is 0 Å². The zero-order chi connectivity index (χ0) is 13.8. The number of benzene rings is 1. The topological polar surface area (TPSA) is 35.5 Å². The summed E-state index contributed by atoms with van der Waals surface area (Å²) < 4.78 is 44.8. The van der Waals surface area contributed by atoms with E-state index in [0.717, 1.165) is 12.1 Å². The van der Waals surface area contributed by atoms with Gasteiger partial charge in [-0.3, -0.25) is 4.79 Å². The van der Waals surface area contributed by atoms with E-state index in [0.29, 0.717) is 6.42 Å². The van der Waals surface area contributed by atoms with Gasteiger partial charge in [0.15, 0.2) is 5.78 Å². The van der Waals surface area contributed by atoms with Gasteiger partial charge in [-0.1, -0.05) is 19.1 Å². The van der Waals surface area contributed by atoms with Gasteiger partial charge in [0.25, 0.3) is 0 Å². The molecule has 6 heteroatoms. The number of carbonyl (C=O) groups excluding carboxylic acids is 1. The fourth-order valence-electron chi connectivity index (χ4n) is 1.49. The van der Waals surface area contributed by atoms with Gasteiger partial charge in [-0.15, -0.1) is 13.2 Å². The molecule has 0 aliphatic rings. The molecule has 1 rings (SSSR count). The van der Waals surface area contributed by atoms with Crippen molar-refractivity contribution in [2.75, 3.05) is 7.11 Å². The Bertz CT molecular complexity index is 411. The molecule has 0 bridgehead atoms. The number of hydrogen-bond donors (Lipinski definition) is 0. The van der Waals surface area contributed by atoms with Crippen molar-refractivity contribution < 1.29 is 27.4 Å². The smallest absolute Gasteiger partial charge is 0.406 e. The number of ketones is 1. The maximum absolute atomic E-state index is 12.0. The largest absolute Gasteiger partial charge is 0.573 e. The Morgan fingerprint density at radius 2 is 2.06 bits per heavy atom. The molecule has 0 fully saturated rings. The summed E-state index contributed by atoms with van der Waals surface area (Å²) in [7, 11) is 1.38. The molecule has 100 valence electrons. The lowest BCUT2D eigenvalue weighted by molar-refractivity contribution is -0.274. The lowest BCUT2D eigenvalue weighted by atomic mass is 10.0. The van der Waals surface area contributed by atoms with Crippen molar-refractivity contribution in [2.24, 2.45) is 0 Å². The predicted molar refractivity (Wildman–Crippen MR) is 58.5 cm³/mol. The maximum Gasteiger partial charge on any atom is 0.573 e. The number of methoxy groups -OCH3 is 1. The van der Waals surface area contributed by atoms with Gasteiger partial charge in [0.05, 0.1) is 0 Å². The van der Waals surface area contributed by atoms with Crippen molar-refractivity contribution in [3.63, 3.8) is 0 Å². The van der Waals surface area contributed by atoms with Gasteiger partial charge in [-0.05, 0) is 18.6 Å². The minimum absolute atomic E-state index is 0.130. The number of Topliss-reactive ketones (excluding diaryl/α,β-unsaturated/α-hetero) is 1. The van der Waals surface area contributed by atoms with Gasteiger partial charge in [0.1, 0.15) is 11.9 Å². The number of ether oxygens (including phenoxy) is 2. The zero-order valence-corrected chi connectivity index (χ0v) is 9.95. The quantitative estimate of drug-likeness (QED) is 0.764. The van der Waals surface area contributed by atoms with Crippen LogP contribution in [0.1, 0.15) is 23.7 Å². The third-order valence-corrected chi connectivity index (χ3v) is 2.30. The van der Waals surface area contributed by atoms with Gasteiger partial charge in [-0.2, -0.15) is 0 Å². The number of alkyl halides is 3. The first-order chi connectivity index (χ1) is 8.37. The molecule has 0 N–H and O–H groups in total. The monoisotopic (exact) mass is 262 g/mol. The Balaban J connectivity index is 2.91. The fourth-order valence-corrected chi connectivity index (χ4v) is 1.49. The predicted octanol–water partition coefficient (Wildman–Crippen LogP) is 3.19. The van der Waals surface area contributed by atoms with Crippen molar-refractivity contribution in [1.82, 2.24) is 0 Å². The van der Waals surface area contributed by atoms with Crippen LogP contribution in [0.3, 0.4) is 0 Å². The normalized spacial score (nSPS) is 13.2. The highest BCUT2D eigenvalue weighted by Crippen LogP contribution is 2.24. The Kier molecular flexibility index (Phi) is 4.72. The van der Waals surface area contributed by atoms with Crippen LogP contribution in [0.5, 0.6) is 5.75 Å². The average Bonchev–Trinajstić information content (AvgIpc) is 2.28. The average molecular weight is 262 g/mol. The first kappa shape index (κ1) is 14.5. The highest BCUT2D eigenvalue weighted by Gasteiger charge is 2.31. The molecule has 0 saturated heterocycles. The van der Waals surface area contributed by atoms with Crippen LogP contribution in [-0.2, 0) is 4.74 Å². The number of carbonyl (C=O) groups is 1. The summed E-state index contributed by atoms with van der Waals surface area (Å²) in [5.41, 5.74) is 0.130. The van der Waals surface area contributed by atoms with E-state index in [1.54, 1.807) is 6.92 Å². The summed E-state index contributed by atoms with van der Waals surface area (Å²) in [4.78, 5) is 11.9. The van der Waals surface area contributed by atoms with Crippen LogP contribution in [0.15, 0.2) is 24.3 Å². The first-order valence-corrected chi connectivity index (χ1v) is 5.30. The number of hydrogen-bond acceptors (Lipinski definition) is 3. The molecule has 1 atom stereocenters. The maximum atomic E-state index is 12.0. The molecule has 0 amide bonds. The van der Waals surface area contributed by atoms with Gasteiger partial charge in [0, 0.05) is 12.7 Å². The van der Waals surface area contributed by atoms with Gasteiger partial charge < -0.3 is 9.47 Å². The van der Waals surface area contributed by atoms with Crippen LogP contribution in [0, 0.1) is 0 Å². The minimum atomic E-state index is -4.77. The van der Waals surface area contributed by atoms with Crippen LogP contribution in [0.25, 0.3) is 0 Å². The molecule has 0 radical (unpaired) electrons. The summed E-state index contributed by atoms with van der Waals surface area (Å²) in [6, 6.07) is 4.94. The van der Waals surface area contributed by atoms with Crippen molar-refractivity contribution >= 4 is 5.78 Å². The van der Waals surface area contributed by atoms with E-state index >= 15 is 0 Å². The zero-order valence-electron chi connectivity index (χ0n) is 9.95. The van der Waals surface area contributed by atoms with Crippen LogP contribution in [0.4, 0.5) is 13.2 Å². The van der Waals surface area contributed by atoms with E-state index in [1.165, 1.54) is 19.2 Å². The summed E-state index contributed by atoms with van der Waals surface area (Å²) in [6.45, 7) is 1.75. The SMILES string of the molecule is CCC(OC)C(=O)c1cccc(OC(F)(F)F)c1. The molecule has 0 heterocycles. The molecular weight excluding hydrogens is 249 g/mol. The van der Waals surface area contributed by atoms with Crippen LogP contribution in [-0.4, -0.2) is 25.4 Å². The molecule has 1 aromatic carbocycles. The molecule has 3 nitrogen and oxygen atoms in total.